The number of likely N-dealkylation sites (N-methyl/N-ethyl adjacent to an activating group) is 1. The number of hydrogen-bond donors (Lipinski definition) is 3. The van der Waals surface area contributed by atoms with E-state index < -0.39 is 0 Å². The molecule has 0 fully saturated rings. The van der Waals surface area contributed by atoms with E-state index in [1.807, 2.05) is 11.9 Å². The van der Waals surface area contributed by atoms with Gasteiger partial charge in [0.15, 0.2) is 5.96 Å². The molecule has 0 aromatic heterocycles. The van der Waals surface area contributed by atoms with Gasteiger partial charge in [-0.05, 0) is 33.2 Å². The fourth-order valence-electron chi connectivity index (χ4n) is 1.20. The van der Waals surface area contributed by atoms with Gasteiger partial charge in [0, 0.05) is 20.1 Å². The molecule has 0 atom stereocenters. The molecule has 0 aliphatic carbocycles. The predicted molar refractivity (Wildman–Crippen MR) is 70.7 cm³/mol. The first-order valence-electron chi connectivity index (χ1n) is 5.95. The highest BCUT2D eigenvalue weighted by atomic mass is 15.2. The minimum Gasteiger partial charge on any atom is -0.356 e. The molecular weight excluding hydrogens is 200 g/mol. The monoisotopic (exact) mass is 226 g/mol. The average molecular weight is 226 g/mol. The predicted octanol–water partition coefficient (Wildman–Crippen LogP) is 1.54. The van der Waals surface area contributed by atoms with E-state index in [4.69, 9.17) is 11.1 Å². The number of unbranched alkanes of at least 4 members (excludes halogenated alkanes) is 2. The Morgan fingerprint density at radius 3 is 2.56 bits per heavy atom. The van der Waals surface area contributed by atoms with Gasteiger partial charge in [0.1, 0.15) is 0 Å². The highest BCUT2D eigenvalue weighted by Gasteiger charge is 2.00. The average Bonchev–Trinajstić information content (AvgIpc) is 2.25. The molecule has 94 valence electrons. The summed E-state index contributed by atoms with van der Waals surface area (Å²) >= 11 is 0. The van der Waals surface area contributed by atoms with Crippen LogP contribution in [0, 0.1) is 5.41 Å². The van der Waals surface area contributed by atoms with Crippen molar-refractivity contribution in [2.24, 2.45) is 5.73 Å². The van der Waals surface area contributed by atoms with Crippen molar-refractivity contribution in [3.8, 4) is 0 Å². The van der Waals surface area contributed by atoms with Gasteiger partial charge in [0.05, 0.1) is 0 Å². The first kappa shape index (κ1) is 15.0. The van der Waals surface area contributed by atoms with E-state index in [9.17, 15) is 0 Å². The number of nitrogens with two attached hydrogens (primary N) is 1. The quantitative estimate of drug-likeness (QED) is 0.267. The molecule has 16 heavy (non-hydrogen) atoms. The van der Waals surface area contributed by atoms with E-state index in [2.05, 4.69) is 25.2 Å². The maximum absolute atomic E-state index is 7.78. The van der Waals surface area contributed by atoms with Crippen molar-refractivity contribution in [1.29, 1.82) is 5.41 Å². The largest absolute Gasteiger partial charge is 0.356 e. The molecule has 0 radical (unpaired) electrons. The molecule has 0 amide bonds. The van der Waals surface area contributed by atoms with E-state index >= 15 is 0 Å². The molecule has 0 spiro atoms. The van der Waals surface area contributed by atoms with Gasteiger partial charge in [-0.1, -0.05) is 18.1 Å². The van der Waals surface area contributed by atoms with Crippen LogP contribution < -0.4 is 11.1 Å². The van der Waals surface area contributed by atoms with E-state index in [1.165, 1.54) is 5.57 Å². The van der Waals surface area contributed by atoms with E-state index in [0.29, 0.717) is 5.96 Å². The van der Waals surface area contributed by atoms with E-state index in [-0.39, 0.29) is 0 Å². The Morgan fingerprint density at radius 2 is 2.00 bits per heavy atom. The van der Waals surface area contributed by atoms with Crippen molar-refractivity contribution in [1.82, 2.24) is 10.2 Å². The zero-order valence-corrected chi connectivity index (χ0v) is 10.8. The lowest BCUT2D eigenvalue weighted by atomic mass is 10.2. The van der Waals surface area contributed by atoms with Crippen LogP contribution in [-0.2, 0) is 0 Å². The third-order valence-corrected chi connectivity index (χ3v) is 2.33. The normalized spacial score (nSPS) is 9.75. The molecule has 4 nitrogen and oxygen atoms in total. The van der Waals surface area contributed by atoms with Crippen molar-refractivity contribution < 1.29 is 0 Å². The summed E-state index contributed by atoms with van der Waals surface area (Å²) in [6.07, 6.45) is 5.40. The van der Waals surface area contributed by atoms with Crippen LogP contribution in [0.3, 0.4) is 0 Å². The molecular formula is C12H26N4. The van der Waals surface area contributed by atoms with E-state index in [1.54, 1.807) is 0 Å². The molecule has 4 N–H and O–H groups in total. The number of hydrogen-bond acceptors (Lipinski definition) is 2. The zero-order valence-electron chi connectivity index (χ0n) is 10.8. The molecule has 0 aliphatic heterocycles. The van der Waals surface area contributed by atoms with Crippen molar-refractivity contribution in [2.45, 2.75) is 33.1 Å². The first-order valence-corrected chi connectivity index (χ1v) is 5.95. The van der Waals surface area contributed by atoms with E-state index in [0.717, 1.165) is 38.9 Å². The topological polar surface area (TPSA) is 65.1 Å². The van der Waals surface area contributed by atoms with Crippen molar-refractivity contribution in [3.63, 3.8) is 0 Å². The van der Waals surface area contributed by atoms with Gasteiger partial charge in [-0.2, -0.15) is 0 Å². The number of allylic oxidation sites excluding steroid dienone is 1. The summed E-state index contributed by atoms with van der Waals surface area (Å²) in [5.74, 6) is 0.491. The van der Waals surface area contributed by atoms with Crippen molar-refractivity contribution in [3.05, 3.63) is 11.6 Å². The summed E-state index contributed by atoms with van der Waals surface area (Å²) in [5, 5.41) is 10.9. The smallest absolute Gasteiger partial charge is 0.191 e. The lowest BCUT2D eigenvalue weighted by Gasteiger charge is -2.19. The summed E-state index contributed by atoms with van der Waals surface area (Å²) in [5.41, 5.74) is 6.69. The van der Waals surface area contributed by atoms with Crippen molar-refractivity contribution in [2.75, 3.05) is 26.7 Å². The van der Waals surface area contributed by atoms with Gasteiger partial charge in [-0.15, -0.1) is 0 Å². The summed E-state index contributed by atoms with van der Waals surface area (Å²) in [6.45, 7) is 6.54. The summed E-state index contributed by atoms with van der Waals surface area (Å²) in [6, 6.07) is 0. The third kappa shape index (κ3) is 8.29. The number of nitrogens with zero attached hydrogens (tertiary/aromatic N) is 1. The first-order chi connectivity index (χ1) is 7.57. The van der Waals surface area contributed by atoms with Gasteiger partial charge >= 0.3 is 0 Å². The Hall–Kier alpha value is -1.03. The Balaban J connectivity index is 3.59. The van der Waals surface area contributed by atoms with Crippen LogP contribution >= 0.6 is 0 Å². The third-order valence-electron chi connectivity index (χ3n) is 2.33. The molecule has 0 bridgehead atoms. The Labute approximate surface area is 99.4 Å². The molecule has 0 aromatic rings. The minimum absolute atomic E-state index is 0.491. The fourth-order valence-corrected chi connectivity index (χ4v) is 1.20. The number of rotatable bonds is 7. The lowest BCUT2D eigenvalue weighted by molar-refractivity contribution is 0.523. The molecule has 0 aliphatic rings. The van der Waals surface area contributed by atoms with Crippen LogP contribution in [0.25, 0.3) is 0 Å². The molecule has 0 unspecified atom stereocenters. The molecule has 0 saturated heterocycles. The number of nitrogens with one attached hydrogen (secondary N) is 2. The van der Waals surface area contributed by atoms with Gasteiger partial charge < -0.3 is 16.0 Å². The molecule has 0 rings (SSSR count). The van der Waals surface area contributed by atoms with Crippen LogP contribution in [0.4, 0.5) is 0 Å². The van der Waals surface area contributed by atoms with Crippen LogP contribution in [0.2, 0.25) is 0 Å². The number of guanidine groups is 1. The molecule has 0 saturated carbocycles. The molecule has 0 aromatic carbocycles. The summed E-state index contributed by atoms with van der Waals surface area (Å²) in [4.78, 5) is 1.90. The van der Waals surface area contributed by atoms with Gasteiger partial charge in [0.25, 0.3) is 0 Å². The van der Waals surface area contributed by atoms with Gasteiger partial charge in [-0.3, -0.25) is 5.41 Å². The second-order valence-electron chi connectivity index (χ2n) is 4.29. The lowest BCUT2D eigenvalue weighted by Crippen LogP contribution is -2.38. The maximum Gasteiger partial charge on any atom is 0.191 e. The van der Waals surface area contributed by atoms with Crippen LogP contribution in [0.15, 0.2) is 11.6 Å². The minimum atomic E-state index is 0.491. The second-order valence-corrected chi connectivity index (χ2v) is 4.29. The Morgan fingerprint density at radius 1 is 1.31 bits per heavy atom. The highest BCUT2D eigenvalue weighted by Crippen LogP contribution is 1.93. The van der Waals surface area contributed by atoms with Crippen LogP contribution in [0.5, 0.6) is 0 Å². The van der Waals surface area contributed by atoms with Crippen LogP contribution in [0.1, 0.15) is 33.1 Å². The van der Waals surface area contributed by atoms with Crippen LogP contribution in [-0.4, -0.2) is 37.5 Å². The fraction of sp³-hybridized carbons (Fsp3) is 0.750. The highest BCUT2D eigenvalue weighted by molar-refractivity contribution is 5.76. The van der Waals surface area contributed by atoms with Gasteiger partial charge in [-0.25, -0.2) is 0 Å². The SMILES string of the molecule is CC(C)=CCN(C)C(=N)NCCCCCN. The van der Waals surface area contributed by atoms with Gasteiger partial charge in [0.2, 0.25) is 0 Å². The van der Waals surface area contributed by atoms with Crippen molar-refractivity contribution >= 4 is 5.96 Å². The Bertz CT molecular complexity index is 219. The maximum atomic E-state index is 7.78. The summed E-state index contributed by atoms with van der Waals surface area (Å²) < 4.78 is 0. The zero-order chi connectivity index (χ0) is 12.4. The standard InChI is InChI=1S/C12H26N4/c1-11(2)7-10-16(3)12(14)15-9-6-4-5-8-13/h7H,4-6,8-10,13H2,1-3H3,(H2,14,15). The second kappa shape index (κ2) is 9.21. The summed E-state index contributed by atoms with van der Waals surface area (Å²) in [7, 11) is 1.93. The molecule has 0 heterocycles. The molecule has 4 heteroatoms. The Kier molecular flexibility index (Phi) is 8.62.